The molecule has 0 spiro atoms. The van der Waals surface area contributed by atoms with Crippen molar-refractivity contribution in [2.24, 2.45) is 0 Å². The first-order valence-corrected chi connectivity index (χ1v) is 11.2. The van der Waals surface area contributed by atoms with Crippen molar-refractivity contribution in [2.45, 2.75) is 16.2 Å². The molecular weight excluding hydrogens is 358 g/mol. The molecule has 0 radical (unpaired) electrons. The first-order valence-electron chi connectivity index (χ1n) is 7.83. The van der Waals surface area contributed by atoms with E-state index >= 15 is 0 Å². The molecule has 0 N–H and O–H groups in total. The highest BCUT2D eigenvalue weighted by atomic mass is 32.2. The van der Waals surface area contributed by atoms with Gasteiger partial charge in [0.2, 0.25) is 10.0 Å². The van der Waals surface area contributed by atoms with Gasteiger partial charge >= 0.3 is 0 Å². The lowest BCUT2D eigenvalue weighted by Gasteiger charge is -2.26. The molecule has 1 aliphatic rings. The molecule has 0 aliphatic carbocycles. The zero-order valence-electron chi connectivity index (χ0n) is 13.8. The number of rotatable bonds is 4. The van der Waals surface area contributed by atoms with Crippen LogP contribution in [0.3, 0.4) is 0 Å². The van der Waals surface area contributed by atoms with Crippen LogP contribution in [0.15, 0.2) is 70.5 Å². The number of hydrogen-bond donors (Lipinski definition) is 0. The molecule has 0 unspecified atom stereocenters. The number of sulfonamides is 1. The first-order chi connectivity index (χ1) is 11.8. The van der Waals surface area contributed by atoms with Gasteiger partial charge in [-0.2, -0.15) is 4.31 Å². The molecule has 2 aromatic carbocycles. The van der Waals surface area contributed by atoms with Crippen molar-refractivity contribution in [3.05, 3.63) is 66.2 Å². The second-order valence-corrected chi connectivity index (χ2v) is 9.91. The van der Waals surface area contributed by atoms with E-state index in [2.05, 4.69) is 0 Å². The normalized spacial score (nSPS) is 16.4. The van der Waals surface area contributed by atoms with Crippen LogP contribution in [-0.4, -0.2) is 40.5 Å². The predicted octanol–water partition coefficient (Wildman–Crippen LogP) is 2.57. The summed E-state index contributed by atoms with van der Waals surface area (Å²) in [6.45, 7) is 0.641. The number of benzene rings is 2. The zero-order valence-corrected chi connectivity index (χ0v) is 15.4. The number of sulfone groups is 1. The van der Waals surface area contributed by atoms with E-state index in [1.54, 1.807) is 0 Å². The summed E-state index contributed by atoms with van der Waals surface area (Å²) in [4.78, 5) is 0.0121. The van der Waals surface area contributed by atoms with Crippen LogP contribution < -0.4 is 0 Å². The Morgan fingerprint density at radius 3 is 2.16 bits per heavy atom. The molecule has 0 saturated carbocycles. The summed E-state index contributed by atoms with van der Waals surface area (Å²) in [6, 6.07) is 15.4. The molecule has 1 heterocycles. The lowest BCUT2D eigenvalue weighted by Crippen LogP contribution is -2.34. The van der Waals surface area contributed by atoms with Crippen LogP contribution in [0.1, 0.15) is 12.0 Å². The monoisotopic (exact) mass is 377 g/mol. The maximum Gasteiger partial charge on any atom is 0.243 e. The molecule has 2 aromatic rings. The molecule has 0 atom stereocenters. The van der Waals surface area contributed by atoms with Crippen molar-refractivity contribution in [1.29, 1.82) is 0 Å². The van der Waals surface area contributed by atoms with Crippen LogP contribution in [0.5, 0.6) is 0 Å². The number of nitrogens with zero attached hydrogens (tertiary/aromatic N) is 1. The molecule has 0 bridgehead atoms. The maximum atomic E-state index is 12.8. The molecule has 7 heteroatoms. The molecule has 0 saturated heterocycles. The van der Waals surface area contributed by atoms with Gasteiger partial charge in [0.15, 0.2) is 9.84 Å². The number of hydrogen-bond acceptors (Lipinski definition) is 4. The fraction of sp³-hybridized carbons (Fsp3) is 0.222. The fourth-order valence-electron chi connectivity index (χ4n) is 2.80. The van der Waals surface area contributed by atoms with Gasteiger partial charge in [-0.3, -0.25) is 0 Å². The lowest BCUT2D eigenvalue weighted by atomic mass is 10.0. The Hall–Kier alpha value is -1.96. The standard InChI is InChI=1S/C18H19NO4S2/c1-24(20,21)17-8-5-9-18(14-17)25(22,23)19-12-10-16(11-13-19)15-6-3-2-4-7-15/h2-10,14H,11-13H2,1H3. The minimum Gasteiger partial charge on any atom is -0.224 e. The quantitative estimate of drug-likeness (QED) is 0.821. The topological polar surface area (TPSA) is 71.5 Å². The van der Waals surface area contributed by atoms with Crippen molar-refractivity contribution in [2.75, 3.05) is 19.3 Å². The zero-order chi connectivity index (χ0) is 18.1. The van der Waals surface area contributed by atoms with Crippen molar-refractivity contribution in [1.82, 2.24) is 4.31 Å². The van der Waals surface area contributed by atoms with Gasteiger partial charge in [0.1, 0.15) is 0 Å². The van der Waals surface area contributed by atoms with Crippen molar-refractivity contribution < 1.29 is 16.8 Å². The summed E-state index contributed by atoms with van der Waals surface area (Å²) in [6.07, 6.45) is 3.60. The van der Waals surface area contributed by atoms with Gasteiger partial charge in [0.05, 0.1) is 9.79 Å². The van der Waals surface area contributed by atoms with Crippen LogP contribution in [-0.2, 0) is 19.9 Å². The molecular formula is C18H19NO4S2. The Kier molecular flexibility index (Phi) is 4.81. The molecule has 0 amide bonds. The molecule has 3 rings (SSSR count). The van der Waals surface area contributed by atoms with E-state index in [1.807, 2.05) is 36.4 Å². The van der Waals surface area contributed by atoms with Gasteiger partial charge in [0.25, 0.3) is 0 Å². The Morgan fingerprint density at radius 2 is 1.56 bits per heavy atom. The highest BCUT2D eigenvalue weighted by Gasteiger charge is 2.27. The Bertz CT molecular complexity index is 1010. The Labute approximate surface area is 148 Å². The van der Waals surface area contributed by atoms with E-state index in [4.69, 9.17) is 0 Å². The SMILES string of the molecule is CS(=O)(=O)c1cccc(S(=O)(=O)N2CC=C(c3ccccc3)CC2)c1. The van der Waals surface area contributed by atoms with E-state index < -0.39 is 19.9 Å². The minimum atomic E-state index is -3.73. The van der Waals surface area contributed by atoms with Gasteiger partial charge in [-0.05, 0) is 35.8 Å². The third kappa shape index (κ3) is 3.84. The third-order valence-corrected chi connectivity index (χ3v) is 7.16. The van der Waals surface area contributed by atoms with Crippen LogP contribution >= 0.6 is 0 Å². The highest BCUT2D eigenvalue weighted by molar-refractivity contribution is 7.91. The Balaban J connectivity index is 1.87. The first kappa shape index (κ1) is 17.8. The van der Waals surface area contributed by atoms with Gasteiger partial charge in [-0.15, -0.1) is 0 Å². The second-order valence-electron chi connectivity index (χ2n) is 5.96. The van der Waals surface area contributed by atoms with E-state index in [1.165, 1.54) is 28.6 Å². The summed E-state index contributed by atoms with van der Waals surface area (Å²) in [5.74, 6) is 0. The Morgan fingerprint density at radius 1 is 0.880 bits per heavy atom. The molecule has 0 fully saturated rings. The van der Waals surface area contributed by atoms with E-state index in [9.17, 15) is 16.8 Å². The molecule has 5 nitrogen and oxygen atoms in total. The van der Waals surface area contributed by atoms with Gasteiger partial charge in [-0.1, -0.05) is 42.5 Å². The van der Waals surface area contributed by atoms with E-state index in [0.717, 1.165) is 17.4 Å². The lowest BCUT2D eigenvalue weighted by molar-refractivity contribution is 0.441. The summed E-state index contributed by atoms with van der Waals surface area (Å²) < 4.78 is 50.3. The summed E-state index contributed by atoms with van der Waals surface area (Å²) in [5, 5.41) is 0. The van der Waals surface area contributed by atoms with E-state index in [-0.39, 0.29) is 16.3 Å². The van der Waals surface area contributed by atoms with Crippen molar-refractivity contribution in [3.8, 4) is 0 Å². The van der Waals surface area contributed by atoms with E-state index in [0.29, 0.717) is 13.0 Å². The van der Waals surface area contributed by atoms with Crippen LogP contribution in [0, 0.1) is 0 Å². The average Bonchev–Trinajstić information content (AvgIpc) is 2.62. The molecule has 1 aliphatic heterocycles. The molecule has 0 aromatic heterocycles. The second kappa shape index (κ2) is 6.74. The molecule has 132 valence electrons. The van der Waals surface area contributed by atoms with Crippen LogP contribution in [0.4, 0.5) is 0 Å². The maximum absolute atomic E-state index is 12.8. The highest BCUT2D eigenvalue weighted by Crippen LogP contribution is 2.26. The van der Waals surface area contributed by atoms with Gasteiger partial charge in [0, 0.05) is 19.3 Å². The van der Waals surface area contributed by atoms with Crippen LogP contribution in [0.25, 0.3) is 5.57 Å². The van der Waals surface area contributed by atoms with Gasteiger partial charge < -0.3 is 0 Å². The minimum absolute atomic E-state index is 0.00565. The van der Waals surface area contributed by atoms with Crippen LogP contribution in [0.2, 0.25) is 0 Å². The van der Waals surface area contributed by atoms with Gasteiger partial charge in [-0.25, -0.2) is 16.8 Å². The largest absolute Gasteiger partial charge is 0.243 e. The predicted molar refractivity (Wildman–Crippen MR) is 97.3 cm³/mol. The summed E-state index contributed by atoms with van der Waals surface area (Å²) >= 11 is 0. The smallest absolute Gasteiger partial charge is 0.224 e. The fourth-order valence-corrected chi connectivity index (χ4v) is 4.97. The van der Waals surface area contributed by atoms with Crippen molar-refractivity contribution >= 4 is 25.4 Å². The summed E-state index contributed by atoms with van der Waals surface area (Å²) in [5.41, 5.74) is 2.22. The van der Waals surface area contributed by atoms with Crippen molar-refractivity contribution in [3.63, 3.8) is 0 Å². The summed E-state index contributed by atoms with van der Waals surface area (Å²) in [7, 11) is -7.18. The molecule has 25 heavy (non-hydrogen) atoms. The average molecular weight is 377 g/mol. The third-order valence-electron chi connectivity index (χ3n) is 4.19.